The summed E-state index contributed by atoms with van der Waals surface area (Å²) < 4.78 is 0. The Hall–Kier alpha value is -2.19. The Labute approximate surface area is 184 Å². The van der Waals surface area contributed by atoms with Crippen LogP contribution in [0, 0.1) is 0 Å². The molecule has 0 rings (SSSR count). The third kappa shape index (κ3) is 12.4. The second-order valence-electron chi connectivity index (χ2n) is 6.26. The molecule has 14 heteroatoms. The van der Waals surface area contributed by atoms with Gasteiger partial charge in [0.1, 0.15) is 12.1 Å². The zero-order valence-electron chi connectivity index (χ0n) is 16.8. The number of aliphatic imine (C=N–C) groups is 1. The molecule has 0 fully saturated rings. The molecular weight excluding hydrogens is 434 g/mol. The van der Waals surface area contributed by atoms with Gasteiger partial charge in [0.15, 0.2) is 5.96 Å². The van der Waals surface area contributed by atoms with Crippen LogP contribution < -0.4 is 33.2 Å². The van der Waals surface area contributed by atoms with Crippen molar-refractivity contribution in [1.82, 2.24) is 16.0 Å². The van der Waals surface area contributed by atoms with Gasteiger partial charge in [0.05, 0.1) is 12.6 Å². The minimum atomic E-state index is -1.17. The van der Waals surface area contributed by atoms with E-state index in [1.54, 1.807) is 0 Å². The molecule has 3 amide bonds. The lowest BCUT2D eigenvalue weighted by atomic mass is 10.1. The number of carboxylic acids is 1. The first-order valence-electron chi connectivity index (χ1n) is 9.13. The Kier molecular flexibility index (Phi) is 14.5. The Bertz CT molecular complexity index is 617. The van der Waals surface area contributed by atoms with Crippen LogP contribution in [-0.2, 0) is 19.2 Å². The lowest BCUT2D eigenvalue weighted by Crippen LogP contribution is -2.54. The molecule has 12 nitrogen and oxygen atoms in total. The van der Waals surface area contributed by atoms with Crippen molar-refractivity contribution in [2.75, 3.05) is 30.9 Å². The van der Waals surface area contributed by atoms with Crippen LogP contribution in [0.2, 0.25) is 0 Å². The number of carbonyl (C=O) groups excluding carboxylic acids is 3. The van der Waals surface area contributed by atoms with E-state index >= 15 is 0 Å². The highest BCUT2D eigenvalue weighted by Crippen LogP contribution is 2.04. The van der Waals surface area contributed by atoms with Crippen LogP contribution in [0.15, 0.2) is 4.99 Å². The fourth-order valence-corrected chi connectivity index (χ4v) is 2.80. The van der Waals surface area contributed by atoms with Gasteiger partial charge in [-0.2, -0.15) is 24.4 Å². The maximum Gasteiger partial charge on any atom is 0.326 e. The SMILES string of the molecule is CSCCC(NC(=O)C(CCCN=C(N)N)NC(=O)CNC(=O)C(N)CS)C(=O)O. The van der Waals surface area contributed by atoms with Crippen LogP contribution in [0.25, 0.3) is 0 Å². The summed E-state index contributed by atoms with van der Waals surface area (Å²) in [6.45, 7) is -0.169. The molecule has 0 aliphatic carbocycles. The smallest absolute Gasteiger partial charge is 0.326 e. The molecule has 0 aromatic heterocycles. The number of carboxylic acid groups (broad SMARTS) is 1. The molecule has 172 valence electrons. The number of nitrogens with one attached hydrogen (secondary N) is 3. The molecule has 0 saturated heterocycles. The van der Waals surface area contributed by atoms with Gasteiger partial charge in [-0.15, -0.1) is 0 Å². The minimum Gasteiger partial charge on any atom is -0.480 e. The van der Waals surface area contributed by atoms with Gasteiger partial charge in [0, 0.05) is 12.3 Å². The summed E-state index contributed by atoms with van der Waals surface area (Å²) in [5.41, 5.74) is 16.0. The summed E-state index contributed by atoms with van der Waals surface area (Å²) in [5.74, 6) is -2.47. The first kappa shape index (κ1) is 27.8. The van der Waals surface area contributed by atoms with Gasteiger partial charge in [0.2, 0.25) is 17.7 Å². The maximum atomic E-state index is 12.6. The number of nitrogens with zero attached hydrogens (tertiary/aromatic N) is 1. The predicted molar refractivity (Wildman–Crippen MR) is 119 cm³/mol. The van der Waals surface area contributed by atoms with Crippen molar-refractivity contribution in [3.05, 3.63) is 0 Å². The maximum absolute atomic E-state index is 12.6. The Morgan fingerprint density at radius 3 is 2.30 bits per heavy atom. The molecule has 0 heterocycles. The molecule has 0 radical (unpaired) electrons. The van der Waals surface area contributed by atoms with Gasteiger partial charge >= 0.3 is 5.97 Å². The number of hydrogen-bond acceptors (Lipinski definition) is 8. The van der Waals surface area contributed by atoms with Crippen molar-refractivity contribution in [1.29, 1.82) is 0 Å². The molecule has 0 spiro atoms. The van der Waals surface area contributed by atoms with E-state index in [0.29, 0.717) is 12.2 Å². The predicted octanol–water partition coefficient (Wildman–Crippen LogP) is -2.78. The standard InChI is InChI=1S/C16H31N7O5S2/c1-30-6-4-11(15(27)28)23-14(26)10(3-2-5-20-16(18)19)22-12(24)7-21-13(25)9(17)8-29/h9-11,29H,2-8,17H2,1H3,(H,21,25)(H,22,24)(H,23,26)(H,27,28)(H4,18,19,20). The molecule has 0 aromatic carbocycles. The molecule has 0 aliphatic heterocycles. The Balaban J connectivity index is 4.99. The minimum absolute atomic E-state index is 0.105. The third-order valence-electron chi connectivity index (χ3n) is 3.78. The first-order valence-corrected chi connectivity index (χ1v) is 11.2. The van der Waals surface area contributed by atoms with E-state index in [1.165, 1.54) is 11.8 Å². The number of guanidine groups is 1. The van der Waals surface area contributed by atoms with E-state index in [0.717, 1.165) is 0 Å². The molecule has 10 N–H and O–H groups in total. The highest BCUT2D eigenvalue weighted by atomic mass is 32.2. The van der Waals surface area contributed by atoms with E-state index in [4.69, 9.17) is 17.2 Å². The Morgan fingerprint density at radius 2 is 1.77 bits per heavy atom. The first-order chi connectivity index (χ1) is 14.1. The fraction of sp³-hybridized carbons (Fsp3) is 0.688. The summed E-state index contributed by atoms with van der Waals surface area (Å²) in [5, 5.41) is 16.5. The number of nitrogens with two attached hydrogens (primary N) is 3. The fourth-order valence-electron chi connectivity index (χ4n) is 2.16. The number of carbonyl (C=O) groups is 4. The molecule has 3 atom stereocenters. The molecule has 30 heavy (non-hydrogen) atoms. The van der Waals surface area contributed by atoms with E-state index < -0.39 is 48.4 Å². The van der Waals surface area contributed by atoms with Gasteiger partial charge in [0.25, 0.3) is 0 Å². The Morgan fingerprint density at radius 1 is 1.10 bits per heavy atom. The van der Waals surface area contributed by atoms with Crippen LogP contribution in [0.3, 0.4) is 0 Å². The van der Waals surface area contributed by atoms with Crippen LogP contribution >= 0.6 is 24.4 Å². The number of thiol groups is 1. The zero-order chi connectivity index (χ0) is 23.1. The zero-order valence-corrected chi connectivity index (χ0v) is 18.5. The van der Waals surface area contributed by atoms with Gasteiger partial charge in [-0.1, -0.05) is 0 Å². The monoisotopic (exact) mass is 465 g/mol. The highest BCUT2D eigenvalue weighted by molar-refractivity contribution is 7.98. The van der Waals surface area contributed by atoms with E-state index in [2.05, 4.69) is 33.6 Å². The lowest BCUT2D eigenvalue weighted by molar-refractivity contribution is -0.142. The average Bonchev–Trinajstić information content (AvgIpc) is 2.70. The van der Waals surface area contributed by atoms with Crippen LogP contribution in [0.4, 0.5) is 0 Å². The molecule has 0 aromatic rings. The molecule has 0 aliphatic rings. The average molecular weight is 466 g/mol. The third-order valence-corrected chi connectivity index (χ3v) is 4.82. The lowest BCUT2D eigenvalue weighted by Gasteiger charge is -2.21. The van der Waals surface area contributed by atoms with Crippen molar-refractivity contribution in [2.45, 2.75) is 37.4 Å². The molecular formula is C16H31N7O5S2. The largest absolute Gasteiger partial charge is 0.480 e. The normalized spacial score (nSPS) is 13.4. The van der Waals surface area contributed by atoms with Gasteiger partial charge < -0.3 is 38.3 Å². The summed E-state index contributed by atoms with van der Waals surface area (Å²) in [4.78, 5) is 51.5. The van der Waals surface area contributed by atoms with E-state index in [9.17, 15) is 24.3 Å². The quantitative estimate of drug-likeness (QED) is 0.0542. The van der Waals surface area contributed by atoms with Crippen LogP contribution in [0.5, 0.6) is 0 Å². The summed E-state index contributed by atoms with van der Waals surface area (Å²) in [6, 6.07) is -2.99. The van der Waals surface area contributed by atoms with E-state index in [1.807, 2.05) is 6.26 Å². The number of amides is 3. The van der Waals surface area contributed by atoms with E-state index in [-0.39, 0.29) is 31.1 Å². The second kappa shape index (κ2) is 15.6. The number of aliphatic carboxylic acids is 1. The number of hydrogen-bond donors (Lipinski definition) is 8. The van der Waals surface area contributed by atoms with Gasteiger partial charge in [-0.3, -0.25) is 19.4 Å². The van der Waals surface area contributed by atoms with Crippen molar-refractivity contribution in [3.63, 3.8) is 0 Å². The molecule has 3 unspecified atom stereocenters. The second-order valence-corrected chi connectivity index (χ2v) is 7.61. The molecule has 0 saturated carbocycles. The van der Waals surface area contributed by atoms with Crippen molar-refractivity contribution < 1.29 is 24.3 Å². The van der Waals surface area contributed by atoms with Crippen molar-refractivity contribution in [2.24, 2.45) is 22.2 Å². The van der Waals surface area contributed by atoms with Crippen molar-refractivity contribution in [3.8, 4) is 0 Å². The summed E-state index contributed by atoms with van der Waals surface area (Å²) in [7, 11) is 0. The summed E-state index contributed by atoms with van der Waals surface area (Å²) >= 11 is 5.35. The van der Waals surface area contributed by atoms with Crippen molar-refractivity contribution >= 4 is 54.0 Å². The summed E-state index contributed by atoms with van der Waals surface area (Å²) in [6.07, 6.45) is 2.57. The van der Waals surface area contributed by atoms with Crippen LogP contribution in [-0.4, -0.2) is 83.7 Å². The van der Waals surface area contributed by atoms with Gasteiger partial charge in [-0.05, 0) is 31.3 Å². The van der Waals surface area contributed by atoms with Gasteiger partial charge in [-0.25, -0.2) is 4.79 Å². The number of thioether (sulfide) groups is 1. The molecule has 0 bridgehead atoms. The van der Waals surface area contributed by atoms with Crippen LogP contribution in [0.1, 0.15) is 19.3 Å². The number of rotatable bonds is 15. The topological polar surface area (TPSA) is 215 Å². The highest BCUT2D eigenvalue weighted by Gasteiger charge is 2.26.